The van der Waals surface area contributed by atoms with Crippen LogP contribution in [0.25, 0.3) is 0 Å². The van der Waals surface area contributed by atoms with Crippen LogP contribution in [0, 0.1) is 0 Å². The van der Waals surface area contributed by atoms with E-state index in [1.807, 2.05) is 24.3 Å². The number of ether oxygens (including phenoxy) is 3. The Morgan fingerprint density at radius 2 is 2.05 bits per heavy atom. The summed E-state index contributed by atoms with van der Waals surface area (Å²) >= 11 is 0. The molecule has 2 aromatic carbocycles. The minimum atomic E-state index is 0.234. The van der Waals surface area contributed by atoms with Crippen molar-refractivity contribution in [2.45, 2.75) is 5.92 Å². The minimum Gasteiger partial charge on any atom is -0.493 e. The second-order valence-electron chi connectivity index (χ2n) is 4.77. The van der Waals surface area contributed by atoms with Crippen LogP contribution in [-0.4, -0.2) is 20.3 Å². The highest BCUT2D eigenvalue weighted by Crippen LogP contribution is 2.35. The summed E-state index contributed by atoms with van der Waals surface area (Å²) < 4.78 is 16.8. The largest absolute Gasteiger partial charge is 0.493 e. The van der Waals surface area contributed by atoms with Crippen LogP contribution in [-0.2, 0) is 0 Å². The van der Waals surface area contributed by atoms with Crippen molar-refractivity contribution < 1.29 is 14.2 Å². The summed E-state index contributed by atoms with van der Waals surface area (Å²) in [5.74, 6) is 2.53. The molecule has 20 heavy (non-hydrogen) atoms. The van der Waals surface area contributed by atoms with E-state index < -0.39 is 0 Å². The van der Waals surface area contributed by atoms with Crippen LogP contribution in [0.15, 0.2) is 42.5 Å². The van der Waals surface area contributed by atoms with Gasteiger partial charge < -0.3 is 19.9 Å². The Bertz CT molecular complexity index is 612. The molecule has 0 amide bonds. The molecule has 1 aliphatic heterocycles. The molecule has 3 rings (SSSR count). The number of hydrogen-bond acceptors (Lipinski definition) is 4. The molecule has 1 atom stereocenters. The summed E-state index contributed by atoms with van der Waals surface area (Å²) in [7, 11) is 1.62. The summed E-state index contributed by atoms with van der Waals surface area (Å²) in [5.41, 5.74) is 7.63. The molecule has 0 aliphatic carbocycles. The Morgan fingerprint density at radius 3 is 2.90 bits per heavy atom. The highest BCUT2D eigenvalue weighted by Gasteiger charge is 2.24. The number of methoxy groups -OCH3 is 1. The maximum atomic E-state index is 5.86. The fraction of sp³-hybridized carbons (Fsp3) is 0.250. The van der Waals surface area contributed by atoms with Crippen molar-refractivity contribution >= 4 is 5.69 Å². The van der Waals surface area contributed by atoms with Crippen molar-refractivity contribution in [3.05, 3.63) is 48.0 Å². The fourth-order valence-corrected chi connectivity index (χ4v) is 2.36. The van der Waals surface area contributed by atoms with Gasteiger partial charge >= 0.3 is 0 Å². The van der Waals surface area contributed by atoms with Gasteiger partial charge in [0, 0.05) is 17.3 Å². The molecular formula is C16H17NO3. The van der Waals surface area contributed by atoms with Gasteiger partial charge in [0.05, 0.1) is 26.2 Å². The number of hydrogen-bond donors (Lipinski definition) is 1. The van der Waals surface area contributed by atoms with Gasteiger partial charge in [-0.1, -0.05) is 18.2 Å². The second-order valence-corrected chi connectivity index (χ2v) is 4.77. The number of fused-ring (bicyclic) bond motifs is 1. The topological polar surface area (TPSA) is 53.7 Å². The van der Waals surface area contributed by atoms with Crippen molar-refractivity contribution in [2.75, 3.05) is 26.1 Å². The highest BCUT2D eigenvalue weighted by atomic mass is 16.5. The average Bonchev–Trinajstić information content (AvgIpc) is 2.88. The number of rotatable bonds is 4. The van der Waals surface area contributed by atoms with E-state index in [-0.39, 0.29) is 5.92 Å². The molecule has 0 radical (unpaired) electrons. The first-order valence-electron chi connectivity index (χ1n) is 6.56. The molecule has 0 spiro atoms. The molecular weight excluding hydrogens is 254 g/mol. The van der Waals surface area contributed by atoms with E-state index >= 15 is 0 Å². The average molecular weight is 271 g/mol. The number of benzene rings is 2. The molecule has 4 heteroatoms. The lowest BCUT2D eigenvalue weighted by Gasteiger charge is -2.14. The molecule has 0 bridgehead atoms. The van der Waals surface area contributed by atoms with E-state index in [1.54, 1.807) is 19.2 Å². The molecule has 2 aromatic rings. The van der Waals surface area contributed by atoms with Gasteiger partial charge in [0.15, 0.2) is 11.5 Å². The number of anilines is 1. The maximum absolute atomic E-state index is 5.86. The smallest absolute Gasteiger partial charge is 0.163 e. The van der Waals surface area contributed by atoms with Crippen LogP contribution in [0.4, 0.5) is 5.69 Å². The lowest BCUT2D eigenvalue weighted by Crippen LogP contribution is -2.12. The minimum absolute atomic E-state index is 0.234. The van der Waals surface area contributed by atoms with E-state index in [2.05, 4.69) is 6.07 Å². The molecule has 4 nitrogen and oxygen atoms in total. The molecule has 104 valence electrons. The zero-order chi connectivity index (χ0) is 13.9. The zero-order valence-corrected chi connectivity index (χ0v) is 11.3. The van der Waals surface area contributed by atoms with Gasteiger partial charge in [0.2, 0.25) is 0 Å². The predicted octanol–water partition coefficient (Wildman–Crippen LogP) is 2.83. The van der Waals surface area contributed by atoms with Gasteiger partial charge in [-0.05, 0) is 18.2 Å². The van der Waals surface area contributed by atoms with Crippen LogP contribution < -0.4 is 19.9 Å². The van der Waals surface area contributed by atoms with E-state index in [9.17, 15) is 0 Å². The number of nitrogen functional groups attached to an aromatic ring is 1. The van der Waals surface area contributed by atoms with Crippen LogP contribution >= 0.6 is 0 Å². The third-order valence-electron chi connectivity index (χ3n) is 3.43. The SMILES string of the molecule is COc1ccc(N)cc1OCC1COc2ccccc21. The summed E-state index contributed by atoms with van der Waals surface area (Å²) in [4.78, 5) is 0. The van der Waals surface area contributed by atoms with Crippen molar-refractivity contribution in [1.29, 1.82) is 0 Å². The van der Waals surface area contributed by atoms with Crippen molar-refractivity contribution in [3.63, 3.8) is 0 Å². The predicted molar refractivity (Wildman–Crippen MR) is 77.6 cm³/mol. The molecule has 0 fully saturated rings. The van der Waals surface area contributed by atoms with Gasteiger partial charge in [-0.25, -0.2) is 0 Å². The number of para-hydroxylation sites is 1. The van der Waals surface area contributed by atoms with Crippen LogP contribution in [0.1, 0.15) is 11.5 Å². The number of nitrogens with two attached hydrogens (primary N) is 1. The summed E-state index contributed by atoms with van der Waals surface area (Å²) in [5, 5.41) is 0. The molecule has 1 unspecified atom stereocenters. The third kappa shape index (κ3) is 2.37. The van der Waals surface area contributed by atoms with Gasteiger partial charge in [-0.2, -0.15) is 0 Å². The van der Waals surface area contributed by atoms with Crippen LogP contribution in [0.2, 0.25) is 0 Å². The second kappa shape index (κ2) is 5.33. The Kier molecular flexibility index (Phi) is 3.37. The van der Waals surface area contributed by atoms with E-state index in [0.717, 1.165) is 5.75 Å². The molecule has 1 aliphatic rings. The van der Waals surface area contributed by atoms with Gasteiger partial charge in [-0.3, -0.25) is 0 Å². The maximum Gasteiger partial charge on any atom is 0.163 e. The third-order valence-corrected chi connectivity index (χ3v) is 3.43. The van der Waals surface area contributed by atoms with Crippen molar-refractivity contribution in [3.8, 4) is 17.2 Å². The van der Waals surface area contributed by atoms with Crippen LogP contribution in [0.5, 0.6) is 17.2 Å². The summed E-state index contributed by atoms with van der Waals surface area (Å²) in [6, 6.07) is 13.4. The summed E-state index contributed by atoms with van der Waals surface area (Å²) in [6.45, 7) is 1.18. The molecule has 1 heterocycles. The highest BCUT2D eigenvalue weighted by molar-refractivity contribution is 5.52. The fourth-order valence-electron chi connectivity index (χ4n) is 2.36. The molecule has 2 N–H and O–H groups in total. The standard InChI is InChI=1S/C16H17NO3/c1-18-15-7-6-12(17)8-16(15)20-10-11-9-19-14-5-3-2-4-13(11)14/h2-8,11H,9-10,17H2,1H3. The lowest BCUT2D eigenvalue weighted by atomic mass is 10.0. The Hall–Kier alpha value is -2.36. The zero-order valence-electron chi connectivity index (χ0n) is 11.3. The Labute approximate surface area is 118 Å². The van der Waals surface area contributed by atoms with Crippen molar-refractivity contribution in [1.82, 2.24) is 0 Å². The summed E-state index contributed by atoms with van der Waals surface area (Å²) in [6.07, 6.45) is 0. The first-order chi connectivity index (χ1) is 9.78. The van der Waals surface area contributed by atoms with Crippen molar-refractivity contribution in [2.24, 2.45) is 0 Å². The lowest BCUT2D eigenvalue weighted by molar-refractivity contribution is 0.240. The quantitative estimate of drug-likeness (QED) is 0.869. The monoisotopic (exact) mass is 271 g/mol. The Balaban J connectivity index is 1.73. The van der Waals surface area contributed by atoms with Gasteiger partial charge in [0.25, 0.3) is 0 Å². The van der Waals surface area contributed by atoms with Gasteiger partial charge in [0.1, 0.15) is 5.75 Å². The Morgan fingerprint density at radius 1 is 1.20 bits per heavy atom. The molecule has 0 saturated heterocycles. The first-order valence-corrected chi connectivity index (χ1v) is 6.56. The molecule has 0 aromatic heterocycles. The molecule has 0 saturated carbocycles. The van der Waals surface area contributed by atoms with Crippen LogP contribution in [0.3, 0.4) is 0 Å². The first kappa shape index (κ1) is 12.7. The van der Waals surface area contributed by atoms with Gasteiger partial charge in [-0.15, -0.1) is 0 Å². The van der Waals surface area contributed by atoms with E-state index in [0.29, 0.717) is 30.4 Å². The van der Waals surface area contributed by atoms with E-state index in [4.69, 9.17) is 19.9 Å². The normalized spacial score (nSPS) is 16.4. The van der Waals surface area contributed by atoms with E-state index in [1.165, 1.54) is 5.56 Å².